The van der Waals surface area contributed by atoms with Gasteiger partial charge in [-0.1, -0.05) is 18.2 Å². The summed E-state index contributed by atoms with van der Waals surface area (Å²) in [5, 5.41) is 9.71. The lowest BCUT2D eigenvalue weighted by Gasteiger charge is -2.35. The van der Waals surface area contributed by atoms with E-state index in [0.717, 1.165) is 0 Å². The van der Waals surface area contributed by atoms with E-state index < -0.39 is 11.5 Å². The molecular weight excluding hydrogens is 319 g/mol. The lowest BCUT2D eigenvalue weighted by Crippen LogP contribution is -2.42. The summed E-state index contributed by atoms with van der Waals surface area (Å²) in [7, 11) is 0. The fourth-order valence-corrected chi connectivity index (χ4v) is 3.66. The molecule has 0 spiro atoms. The molecule has 2 aliphatic rings. The SMILES string of the molecule is C[C@@H](C[C@](C)(C#N)C1C=CC(F)=CC1)N1C(=O)c2ccccc2C1=O. The number of amides is 2. The van der Waals surface area contributed by atoms with E-state index in [9.17, 15) is 19.2 Å². The number of nitrogens with zero attached hydrogens (tertiary/aromatic N) is 2. The third-order valence-electron chi connectivity index (χ3n) is 5.11. The Kier molecular flexibility index (Phi) is 4.30. The number of imide groups is 1. The second kappa shape index (κ2) is 6.29. The fourth-order valence-electron chi connectivity index (χ4n) is 3.66. The van der Waals surface area contributed by atoms with Gasteiger partial charge in [0.1, 0.15) is 5.83 Å². The van der Waals surface area contributed by atoms with Crippen molar-refractivity contribution in [3.63, 3.8) is 0 Å². The highest BCUT2D eigenvalue weighted by Crippen LogP contribution is 2.39. The molecule has 128 valence electrons. The minimum Gasteiger partial charge on any atom is -0.271 e. The topological polar surface area (TPSA) is 61.2 Å². The van der Waals surface area contributed by atoms with Gasteiger partial charge in [0, 0.05) is 6.04 Å². The summed E-state index contributed by atoms with van der Waals surface area (Å²) in [4.78, 5) is 26.4. The standard InChI is InChI=1S/C20H19FN2O2/c1-13(11-20(2,12-22)14-7-9-15(21)10-8-14)23-18(24)16-5-3-4-6-17(16)19(23)25/h3-7,9-10,13-14H,8,11H2,1-2H3/t13-,14?,20+/m0/s1. The van der Waals surface area contributed by atoms with Crippen molar-refractivity contribution in [2.75, 3.05) is 0 Å². The van der Waals surface area contributed by atoms with E-state index in [1.807, 2.05) is 0 Å². The van der Waals surface area contributed by atoms with Crippen molar-refractivity contribution in [1.29, 1.82) is 5.26 Å². The highest BCUT2D eigenvalue weighted by Gasteiger charge is 2.42. The van der Waals surface area contributed by atoms with Gasteiger partial charge in [-0.15, -0.1) is 0 Å². The molecule has 1 aromatic carbocycles. The zero-order chi connectivity index (χ0) is 18.2. The number of carbonyl (C=O) groups is 2. The van der Waals surface area contributed by atoms with E-state index in [4.69, 9.17) is 0 Å². The maximum atomic E-state index is 13.2. The van der Waals surface area contributed by atoms with Crippen LogP contribution in [0.4, 0.5) is 4.39 Å². The quantitative estimate of drug-likeness (QED) is 0.779. The summed E-state index contributed by atoms with van der Waals surface area (Å²) in [5.41, 5.74) is 0.00350. The summed E-state index contributed by atoms with van der Waals surface area (Å²) in [6, 6.07) is 8.63. The molecule has 0 saturated carbocycles. The van der Waals surface area contributed by atoms with Crippen LogP contribution in [0.25, 0.3) is 0 Å². The van der Waals surface area contributed by atoms with E-state index in [0.29, 0.717) is 24.0 Å². The predicted octanol–water partition coefficient (Wildman–Crippen LogP) is 4.02. The van der Waals surface area contributed by atoms with Crippen LogP contribution in [0.3, 0.4) is 0 Å². The van der Waals surface area contributed by atoms with Gasteiger partial charge in [-0.3, -0.25) is 14.5 Å². The van der Waals surface area contributed by atoms with Gasteiger partial charge >= 0.3 is 0 Å². The van der Waals surface area contributed by atoms with Gasteiger partial charge in [-0.05, 0) is 56.9 Å². The molecule has 0 aromatic heterocycles. The van der Waals surface area contributed by atoms with Crippen LogP contribution in [0.2, 0.25) is 0 Å². The van der Waals surface area contributed by atoms with Crippen LogP contribution in [0.5, 0.6) is 0 Å². The van der Waals surface area contributed by atoms with E-state index in [1.54, 1.807) is 44.2 Å². The van der Waals surface area contributed by atoms with E-state index in [2.05, 4.69) is 6.07 Å². The molecule has 25 heavy (non-hydrogen) atoms. The number of fused-ring (bicyclic) bond motifs is 1. The molecule has 0 N–H and O–H groups in total. The average Bonchev–Trinajstić information content (AvgIpc) is 2.87. The monoisotopic (exact) mass is 338 g/mol. The van der Waals surface area contributed by atoms with Crippen molar-refractivity contribution in [3.05, 3.63) is 59.4 Å². The average molecular weight is 338 g/mol. The van der Waals surface area contributed by atoms with E-state index in [-0.39, 0.29) is 23.6 Å². The van der Waals surface area contributed by atoms with E-state index >= 15 is 0 Å². The molecule has 1 unspecified atom stereocenters. The first kappa shape index (κ1) is 17.1. The molecule has 0 fully saturated rings. The summed E-state index contributed by atoms with van der Waals surface area (Å²) in [6.07, 6.45) is 5.30. The van der Waals surface area contributed by atoms with Gasteiger partial charge in [0.05, 0.1) is 22.6 Å². The molecule has 5 heteroatoms. The molecule has 3 rings (SSSR count). The van der Waals surface area contributed by atoms with Crippen molar-refractivity contribution < 1.29 is 14.0 Å². The summed E-state index contributed by atoms with van der Waals surface area (Å²) < 4.78 is 13.2. The molecule has 1 aromatic rings. The Morgan fingerprint density at radius 2 is 1.92 bits per heavy atom. The second-order valence-corrected chi connectivity index (χ2v) is 6.90. The Morgan fingerprint density at radius 1 is 1.32 bits per heavy atom. The number of benzene rings is 1. The highest BCUT2D eigenvalue weighted by atomic mass is 19.1. The molecule has 1 heterocycles. The number of hydrogen-bond acceptors (Lipinski definition) is 3. The first-order valence-electron chi connectivity index (χ1n) is 8.29. The predicted molar refractivity (Wildman–Crippen MR) is 91.2 cm³/mol. The van der Waals surface area contributed by atoms with Crippen LogP contribution >= 0.6 is 0 Å². The third kappa shape index (κ3) is 2.89. The molecule has 0 radical (unpaired) electrons. The molecule has 0 bridgehead atoms. The fraction of sp³-hybridized carbons (Fsp3) is 0.350. The molecule has 4 nitrogen and oxygen atoms in total. The van der Waals surface area contributed by atoms with Crippen molar-refractivity contribution in [2.24, 2.45) is 11.3 Å². The minimum atomic E-state index is -0.803. The van der Waals surface area contributed by atoms with Crippen molar-refractivity contribution in [2.45, 2.75) is 32.7 Å². The number of hydrogen-bond donors (Lipinski definition) is 0. The largest absolute Gasteiger partial charge is 0.271 e. The van der Waals surface area contributed by atoms with Crippen LogP contribution in [0, 0.1) is 22.7 Å². The minimum absolute atomic E-state index is 0.158. The van der Waals surface area contributed by atoms with Crippen molar-refractivity contribution in [3.8, 4) is 6.07 Å². The molecule has 1 aliphatic heterocycles. The van der Waals surface area contributed by atoms with Gasteiger partial charge < -0.3 is 0 Å². The number of carbonyl (C=O) groups excluding carboxylic acids is 2. The zero-order valence-electron chi connectivity index (χ0n) is 14.2. The molecule has 0 saturated heterocycles. The number of rotatable bonds is 4. The van der Waals surface area contributed by atoms with Crippen LogP contribution in [-0.4, -0.2) is 22.8 Å². The Labute approximate surface area is 146 Å². The maximum Gasteiger partial charge on any atom is 0.261 e. The smallest absolute Gasteiger partial charge is 0.261 e. The molecule has 1 aliphatic carbocycles. The van der Waals surface area contributed by atoms with Gasteiger partial charge in [-0.2, -0.15) is 5.26 Å². The van der Waals surface area contributed by atoms with Crippen molar-refractivity contribution in [1.82, 2.24) is 4.90 Å². The zero-order valence-corrected chi connectivity index (χ0v) is 14.2. The van der Waals surface area contributed by atoms with E-state index in [1.165, 1.54) is 17.1 Å². The lowest BCUT2D eigenvalue weighted by atomic mass is 9.71. The van der Waals surface area contributed by atoms with Gasteiger partial charge in [-0.25, -0.2) is 4.39 Å². The molecule has 3 atom stereocenters. The first-order chi connectivity index (χ1) is 11.9. The lowest BCUT2D eigenvalue weighted by molar-refractivity contribution is 0.0556. The molecule has 2 amide bonds. The second-order valence-electron chi connectivity index (χ2n) is 6.90. The van der Waals surface area contributed by atoms with Crippen LogP contribution in [0.1, 0.15) is 47.4 Å². The molecular formula is C20H19FN2O2. The van der Waals surface area contributed by atoms with Gasteiger partial charge in [0.25, 0.3) is 11.8 Å². The van der Waals surface area contributed by atoms with Crippen LogP contribution < -0.4 is 0 Å². The summed E-state index contributed by atoms with van der Waals surface area (Å²) in [5.74, 6) is -1.10. The Balaban J connectivity index is 1.81. The third-order valence-corrected chi connectivity index (χ3v) is 5.11. The Bertz CT molecular complexity index is 801. The normalized spacial score (nSPS) is 22.9. The summed E-state index contributed by atoms with van der Waals surface area (Å²) in [6.45, 7) is 3.58. The first-order valence-corrected chi connectivity index (χ1v) is 8.29. The number of allylic oxidation sites excluding steroid dienone is 4. The highest BCUT2D eigenvalue weighted by molar-refractivity contribution is 6.21. The summed E-state index contributed by atoms with van der Waals surface area (Å²) >= 11 is 0. The van der Waals surface area contributed by atoms with Crippen molar-refractivity contribution >= 4 is 11.8 Å². The number of nitriles is 1. The van der Waals surface area contributed by atoms with Gasteiger partial charge in [0.2, 0.25) is 0 Å². The van der Waals surface area contributed by atoms with Gasteiger partial charge in [0.15, 0.2) is 0 Å². The maximum absolute atomic E-state index is 13.2. The Morgan fingerprint density at radius 3 is 2.40 bits per heavy atom. The van der Waals surface area contributed by atoms with Crippen LogP contribution in [-0.2, 0) is 0 Å². The Hall–Kier alpha value is -2.74. The number of halogens is 1. The van der Waals surface area contributed by atoms with Crippen LogP contribution in [0.15, 0.2) is 48.3 Å².